The number of benzene rings is 9. The lowest BCUT2D eigenvalue weighted by atomic mass is 9.87. The molecule has 0 spiro atoms. The fourth-order valence-corrected chi connectivity index (χ4v) is 9.04. The van der Waals surface area contributed by atoms with Crippen molar-refractivity contribution >= 4 is 64.9 Å². The van der Waals surface area contributed by atoms with E-state index in [1.165, 1.54) is 60.0 Å². The number of nitrogens with zero attached hydrogens (tertiary/aromatic N) is 3. The maximum Gasteiger partial charge on any atom is 0.0972 e. The van der Waals surface area contributed by atoms with Crippen molar-refractivity contribution in [2.75, 3.05) is 0 Å². The van der Waals surface area contributed by atoms with Crippen molar-refractivity contribution in [2.45, 2.75) is 0 Å². The van der Waals surface area contributed by atoms with Gasteiger partial charge in [-0.2, -0.15) is 0 Å². The lowest BCUT2D eigenvalue weighted by molar-refractivity contribution is 1.36. The Morgan fingerprint density at radius 2 is 0.810 bits per heavy atom. The number of hydrogen-bond acceptors (Lipinski definition) is 3. The summed E-state index contributed by atoms with van der Waals surface area (Å²) >= 11 is 0. The Morgan fingerprint density at radius 1 is 0.276 bits per heavy atom. The van der Waals surface area contributed by atoms with Crippen LogP contribution < -0.4 is 0 Å². The number of rotatable bonds is 5. The molecule has 268 valence electrons. The summed E-state index contributed by atoms with van der Waals surface area (Å²) in [6.45, 7) is 0. The molecule has 9 aromatic carbocycles. The van der Waals surface area contributed by atoms with E-state index in [4.69, 9.17) is 9.97 Å². The molecule has 0 atom stereocenters. The molecule has 0 N–H and O–H groups in total. The molecule has 0 radical (unpaired) electrons. The molecule has 58 heavy (non-hydrogen) atoms. The molecule has 0 amide bonds. The van der Waals surface area contributed by atoms with Gasteiger partial charge in [0.1, 0.15) is 0 Å². The first-order valence-electron chi connectivity index (χ1n) is 19.7. The van der Waals surface area contributed by atoms with Crippen molar-refractivity contribution in [2.24, 2.45) is 0 Å². The monoisotopic (exact) mass is 735 g/mol. The highest BCUT2D eigenvalue weighted by atomic mass is 14.8. The Balaban J connectivity index is 0.991. The standard InChI is InChI=1S/C55H33N3/c1-2-8-34(9-3-1)39-11-6-12-40(30-39)45-24-18-35-21-27-48-46(25-19-36-20-26-47(45)52(35)53(36)48)51-29-23-38-17-16-37-22-28-50(57-54(37)55(38)58-51)42-14-7-13-41(31-42)49-33-56-32-43-10-4-5-15-44(43)49/h1-33H. The predicted molar refractivity (Wildman–Crippen MR) is 243 cm³/mol. The van der Waals surface area contributed by atoms with Gasteiger partial charge in [-0.15, -0.1) is 0 Å². The van der Waals surface area contributed by atoms with E-state index in [1.807, 2.05) is 12.4 Å². The van der Waals surface area contributed by atoms with E-state index in [1.54, 1.807) is 0 Å². The minimum absolute atomic E-state index is 0.897. The second kappa shape index (κ2) is 12.9. The van der Waals surface area contributed by atoms with Gasteiger partial charge in [-0.25, -0.2) is 9.97 Å². The Labute approximate surface area is 334 Å². The summed E-state index contributed by atoms with van der Waals surface area (Å²) in [6.07, 6.45) is 3.88. The SMILES string of the molecule is c1ccc(-c2cccc(-c3ccc4ccc5c(-c6ccc7ccc8ccc(-c9cccc(-c%10cncc%11ccccc%10%11)c9)nc8c7n6)ccc6ccc3c4c65)c2)cc1. The van der Waals surface area contributed by atoms with Crippen LogP contribution >= 0.6 is 0 Å². The van der Waals surface area contributed by atoms with E-state index in [-0.39, 0.29) is 0 Å². The van der Waals surface area contributed by atoms with Crippen molar-refractivity contribution < 1.29 is 0 Å². The quantitative estimate of drug-likeness (QED) is 0.165. The zero-order valence-electron chi connectivity index (χ0n) is 31.4. The lowest BCUT2D eigenvalue weighted by Crippen LogP contribution is -1.93. The molecule has 0 saturated heterocycles. The number of fused-ring (bicyclic) bond motifs is 4. The first-order chi connectivity index (χ1) is 28.7. The normalized spacial score (nSPS) is 11.8. The number of aromatic nitrogens is 3. The van der Waals surface area contributed by atoms with E-state index in [0.29, 0.717) is 0 Å². The molecule has 0 fully saturated rings. The largest absolute Gasteiger partial charge is 0.263 e. The van der Waals surface area contributed by atoms with Gasteiger partial charge >= 0.3 is 0 Å². The summed E-state index contributed by atoms with van der Waals surface area (Å²) in [5.41, 5.74) is 12.9. The maximum atomic E-state index is 5.42. The Hall–Kier alpha value is -7.75. The summed E-state index contributed by atoms with van der Waals surface area (Å²) < 4.78 is 0. The van der Waals surface area contributed by atoms with Gasteiger partial charge in [0, 0.05) is 45.2 Å². The van der Waals surface area contributed by atoms with Crippen LogP contribution in [0.15, 0.2) is 200 Å². The van der Waals surface area contributed by atoms with Gasteiger partial charge in [0.15, 0.2) is 0 Å². The van der Waals surface area contributed by atoms with Crippen LogP contribution in [0.3, 0.4) is 0 Å². The lowest BCUT2D eigenvalue weighted by Gasteiger charge is -2.17. The molecule has 0 aliphatic rings. The van der Waals surface area contributed by atoms with Gasteiger partial charge < -0.3 is 0 Å². The van der Waals surface area contributed by atoms with E-state index < -0.39 is 0 Å². The van der Waals surface area contributed by atoms with E-state index in [9.17, 15) is 0 Å². The van der Waals surface area contributed by atoms with Crippen LogP contribution in [0, 0.1) is 0 Å². The van der Waals surface area contributed by atoms with Gasteiger partial charge in [0.05, 0.1) is 22.4 Å². The minimum Gasteiger partial charge on any atom is -0.263 e. The predicted octanol–water partition coefficient (Wildman–Crippen LogP) is 14.6. The van der Waals surface area contributed by atoms with E-state index in [2.05, 4.69) is 193 Å². The van der Waals surface area contributed by atoms with Crippen molar-refractivity contribution in [3.05, 3.63) is 200 Å². The molecular weight excluding hydrogens is 703 g/mol. The second-order valence-electron chi connectivity index (χ2n) is 15.2. The molecule has 0 saturated carbocycles. The van der Waals surface area contributed by atoms with Crippen LogP contribution in [0.2, 0.25) is 0 Å². The smallest absolute Gasteiger partial charge is 0.0972 e. The summed E-state index contributed by atoms with van der Waals surface area (Å²) in [5, 5.41) is 11.9. The summed E-state index contributed by atoms with van der Waals surface area (Å²) in [4.78, 5) is 15.3. The zero-order valence-corrected chi connectivity index (χ0v) is 31.4. The molecule has 3 nitrogen and oxygen atoms in total. The van der Waals surface area contributed by atoms with Crippen molar-refractivity contribution in [1.82, 2.24) is 15.0 Å². The fourth-order valence-electron chi connectivity index (χ4n) is 9.04. The zero-order chi connectivity index (χ0) is 38.2. The Morgan fingerprint density at radius 3 is 1.59 bits per heavy atom. The van der Waals surface area contributed by atoms with Gasteiger partial charge in [-0.05, 0) is 89.8 Å². The Bertz CT molecular complexity index is 3570. The molecule has 12 aromatic rings. The minimum atomic E-state index is 0.897. The van der Waals surface area contributed by atoms with Crippen LogP contribution in [0.5, 0.6) is 0 Å². The maximum absolute atomic E-state index is 5.42. The molecule has 3 heterocycles. The molecule has 3 heteroatoms. The van der Waals surface area contributed by atoms with Gasteiger partial charge in [0.25, 0.3) is 0 Å². The molecule has 0 bridgehead atoms. The third kappa shape index (κ3) is 5.18. The first-order valence-corrected chi connectivity index (χ1v) is 19.7. The average Bonchev–Trinajstić information content (AvgIpc) is 3.30. The molecule has 0 aliphatic carbocycles. The molecule has 12 rings (SSSR count). The topological polar surface area (TPSA) is 38.7 Å². The highest BCUT2D eigenvalue weighted by molar-refractivity contribution is 6.27. The van der Waals surface area contributed by atoms with Crippen molar-refractivity contribution in [3.63, 3.8) is 0 Å². The first kappa shape index (κ1) is 32.5. The van der Waals surface area contributed by atoms with Crippen molar-refractivity contribution in [1.29, 1.82) is 0 Å². The second-order valence-corrected chi connectivity index (χ2v) is 15.2. The summed E-state index contributed by atoms with van der Waals surface area (Å²) in [7, 11) is 0. The van der Waals surface area contributed by atoms with Crippen LogP contribution in [0.4, 0.5) is 0 Å². The number of pyridine rings is 3. The average molecular weight is 736 g/mol. The van der Waals surface area contributed by atoms with Crippen LogP contribution in [0.1, 0.15) is 0 Å². The van der Waals surface area contributed by atoms with Gasteiger partial charge in [-0.1, -0.05) is 164 Å². The third-order valence-corrected chi connectivity index (χ3v) is 11.9. The highest BCUT2D eigenvalue weighted by Crippen LogP contribution is 2.43. The van der Waals surface area contributed by atoms with E-state index in [0.717, 1.165) is 60.8 Å². The summed E-state index contributed by atoms with van der Waals surface area (Å²) in [6, 6.07) is 67.6. The molecule has 0 unspecified atom stereocenters. The van der Waals surface area contributed by atoms with Crippen LogP contribution in [-0.4, -0.2) is 15.0 Å². The van der Waals surface area contributed by atoms with Crippen molar-refractivity contribution in [3.8, 4) is 55.9 Å². The highest BCUT2D eigenvalue weighted by Gasteiger charge is 2.17. The number of hydrogen-bond donors (Lipinski definition) is 0. The van der Waals surface area contributed by atoms with Crippen LogP contribution in [0.25, 0.3) is 121 Å². The fraction of sp³-hybridized carbons (Fsp3) is 0. The Kier molecular flexibility index (Phi) is 7.23. The summed E-state index contributed by atoms with van der Waals surface area (Å²) in [5.74, 6) is 0. The molecular formula is C55H33N3. The van der Waals surface area contributed by atoms with Crippen LogP contribution in [-0.2, 0) is 0 Å². The molecule has 0 aliphatic heterocycles. The van der Waals surface area contributed by atoms with Gasteiger partial charge in [0.2, 0.25) is 0 Å². The van der Waals surface area contributed by atoms with E-state index >= 15 is 0 Å². The third-order valence-electron chi connectivity index (χ3n) is 11.9. The van der Waals surface area contributed by atoms with Gasteiger partial charge in [-0.3, -0.25) is 4.98 Å². The molecule has 3 aromatic heterocycles.